The summed E-state index contributed by atoms with van der Waals surface area (Å²) in [7, 11) is 0. The van der Waals surface area contributed by atoms with Crippen LogP contribution in [-0.4, -0.2) is 45.4 Å². The third-order valence-corrected chi connectivity index (χ3v) is 4.38. The van der Waals surface area contributed by atoms with E-state index in [4.69, 9.17) is 5.11 Å². The van der Waals surface area contributed by atoms with Crippen LogP contribution in [0.15, 0.2) is 24.3 Å². The van der Waals surface area contributed by atoms with Gasteiger partial charge in [-0.25, -0.2) is 9.18 Å². The minimum Gasteiger partial charge on any atom is -0.395 e. The molecule has 1 fully saturated rings. The van der Waals surface area contributed by atoms with Gasteiger partial charge >= 0.3 is 6.03 Å². The SMILES string of the molecule is O=C(Nc1nnc(Cc2ccc(F)cc2)s1)N(CCO)C1CC1. The largest absolute Gasteiger partial charge is 0.395 e. The molecule has 0 spiro atoms. The lowest BCUT2D eigenvalue weighted by Gasteiger charge is -2.20. The first-order valence-corrected chi connectivity index (χ1v) is 8.22. The van der Waals surface area contributed by atoms with Crippen LogP contribution in [0.5, 0.6) is 0 Å². The highest BCUT2D eigenvalue weighted by molar-refractivity contribution is 7.15. The molecule has 0 atom stereocenters. The normalized spacial score (nSPS) is 13.8. The third kappa shape index (κ3) is 4.23. The van der Waals surface area contributed by atoms with Gasteiger partial charge in [0.25, 0.3) is 0 Å². The number of aliphatic hydroxyl groups is 1. The Kier molecular flexibility index (Phi) is 4.82. The van der Waals surface area contributed by atoms with Crippen molar-refractivity contribution in [3.05, 3.63) is 40.7 Å². The minimum atomic E-state index is -0.275. The van der Waals surface area contributed by atoms with E-state index in [-0.39, 0.29) is 24.5 Å². The van der Waals surface area contributed by atoms with E-state index in [1.165, 1.54) is 23.5 Å². The molecule has 1 aromatic heterocycles. The number of nitrogens with one attached hydrogen (secondary N) is 1. The summed E-state index contributed by atoms with van der Waals surface area (Å²) in [5.41, 5.74) is 0.931. The molecule has 1 aromatic carbocycles. The molecule has 0 radical (unpaired) electrons. The van der Waals surface area contributed by atoms with E-state index in [0.717, 1.165) is 23.4 Å². The fourth-order valence-electron chi connectivity index (χ4n) is 2.26. The smallest absolute Gasteiger partial charge is 0.324 e. The van der Waals surface area contributed by atoms with Gasteiger partial charge in [0.15, 0.2) is 0 Å². The first kappa shape index (κ1) is 15.8. The summed E-state index contributed by atoms with van der Waals surface area (Å²) in [5.74, 6) is -0.275. The Bertz CT molecular complexity index is 672. The summed E-state index contributed by atoms with van der Waals surface area (Å²) < 4.78 is 12.9. The molecular weight excluding hydrogens is 319 g/mol. The van der Waals surface area contributed by atoms with Crippen molar-refractivity contribution in [2.24, 2.45) is 0 Å². The number of carbonyl (C=O) groups is 1. The molecule has 0 bridgehead atoms. The number of aliphatic hydroxyl groups excluding tert-OH is 1. The molecule has 0 unspecified atom stereocenters. The maximum atomic E-state index is 12.9. The molecule has 1 heterocycles. The number of hydrogen-bond acceptors (Lipinski definition) is 5. The Morgan fingerprint density at radius 3 is 2.74 bits per heavy atom. The van der Waals surface area contributed by atoms with Crippen LogP contribution in [0.4, 0.5) is 14.3 Å². The van der Waals surface area contributed by atoms with Gasteiger partial charge in [0, 0.05) is 19.0 Å². The fourth-order valence-corrected chi connectivity index (χ4v) is 3.02. The second-order valence-corrected chi connectivity index (χ2v) is 6.44. The maximum absolute atomic E-state index is 12.9. The van der Waals surface area contributed by atoms with Crippen molar-refractivity contribution in [3.63, 3.8) is 0 Å². The predicted octanol–water partition coefficient (Wildman–Crippen LogP) is 2.26. The second kappa shape index (κ2) is 7.01. The van der Waals surface area contributed by atoms with Crippen molar-refractivity contribution in [2.75, 3.05) is 18.5 Å². The van der Waals surface area contributed by atoms with E-state index >= 15 is 0 Å². The molecule has 0 aliphatic heterocycles. The topological polar surface area (TPSA) is 78.4 Å². The van der Waals surface area contributed by atoms with Crippen LogP contribution in [0.1, 0.15) is 23.4 Å². The van der Waals surface area contributed by atoms with Crippen molar-refractivity contribution in [3.8, 4) is 0 Å². The highest BCUT2D eigenvalue weighted by atomic mass is 32.1. The van der Waals surface area contributed by atoms with Gasteiger partial charge in [-0.05, 0) is 30.5 Å². The first-order valence-electron chi connectivity index (χ1n) is 7.41. The molecule has 2 amide bonds. The monoisotopic (exact) mass is 336 g/mol. The Hall–Kier alpha value is -2.06. The maximum Gasteiger partial charge on any atom is 0.324 e. The molecule has 8 heteroatoms. The lowest BCUT2D eigenvalue weighted by molar-refractivity contribution is 0.185. The lowest BCUT2D eigenvalue weighted by atomic mass is 10.2. The summed E-state index contributed by atoms with van der Waals surface area (Å²) in [5, 5.41) is 20.9. The molecule has 1 aliphatic carbocycles. The molecule has 3 rings (SSSR count). The van der Waals surface area contributed by atoms with Gasteiger partial charge in [0.1, 0.15) is 10.8 Å². The average molecular weight is 336 g/mol. The van der Waals surface area contributed by atoms with Crippen molar-refractivity contribution < 1.29 is 14.3 Å². The summed E-state index contributed by atoms with van der Waals surface area (Å²) in [6.07, 6.45) is 2.48. The molecule has 1 saturated carbocycles. The number of rotatable bonds is 6. The zero-order valence-corrected chi connectivity index (χ0v) is 13.2. The van der Waals surface area contributed by atoms with Crippen molar-refractivity contribution in [1.82, 2.24) is 15.1 Å². The molecule has 1 aliphatic rings. The molecule has 0 saturated heterocycles. The molecule has 2 N–H and O–H groups in total. The zero-order chi connectivity index (χ0) is 16.2. The number of amides is 2. The molecule has 6 nitrogen and oxygen atoms in total. The van der Waals surface area contributed by atoms with Gasteiger partial charge in [0.2, 0.25) is 5.13 Å². The molecule has 122 valence electrons. The number of urea groups is 1. The average Bonchev–Trinajstić information content (AvgIpc) is 3.28. The van der Waals surface area contributed by atoms with Crippen LogP contribution in [0.2, 0.25) is 0 Å². The minimum absolute atomic E-state index is 0.0597. The molecular formula is C15H17FN4O2S. The summed E-state index contributed by atoms with van der Waals surface area (Å²) in [4.78, 5) is 13.8. The Morgan fingerprint density at radius 2 is 2.09 bits per heavy atom. The second-order valence-electron chi connectivity index (χ2n) is 5.38. The van der Waals surface area contributed by atoms with E-state index in [1.54, 1.807) is 17.0 Å². The quantitative estimate of drug-likeness (QED) is 0.848. The number of anilines is 1. The van der Waals surface area contributed by atoms with Crippen LogP contribution >= 0.6 is 11.3 Å². The molecule has 23 heavy (non-hydrogen) atoms. The van der Waals surface area contributed by atoms with E-state index in [0.29, 0.717) is 18.1 Å². The van der Waals surface area contributed by atoms with Gasteiger partial charge in [-0.1, -0.05) is 23.5 Å². The zero-order valence-electron chi connectivity index (χ0n) is 12.4. The first-order chi connectivity index (χ1) is 11.2. The van der Waals surface area contributed by atoms with Crippen LogP contribution < -0.4 is 5.32 Å². The lowest BCUT2D eigenvalue weighted by Crippen LogP contribution is -2.38. The van der Waals surface area contributed by atoms with Crippen LogP contribution in [-0.2, 0) is 6.42 Å². The number of halogens is 1. The van der Waals surface area contributed by atoms with Crippen LogP contribution in [0.25, 0.3) is 0 Å². The number of carbonyl (C=O) groups excluding carboxylic acids is 1. The highest BCUT2D eigenvalue weighted by Crippen LogP contribution is 2.27. The van der Waals surface area contributed by atoms with Gasteiger partial charge in [-0.15, -0.1) is 10.2 Å². The molecule has 2 aromatic rings. The number of aromatic nitrogens is 2. The summed E-state index contributed by atoms with van der Waals surface area (Å²) in [6, 6.07) is 6.17. The number of hydrogen-bond donors (Lipinski definition) is 2. The van der Waals surface area contributed by atoms with Crippen molar-refractivity contribution in [2.45, 2.75) is 25.3 Å². The third-order valence-electron chi connectivity index (χ3n) is 3.54. The standard InChI is InChI=1S/C15H17FN4O2S/c16-11-3-1-10(2-4-11)9-13-18-19-14(23-13)17-15(22)20(7-8-21)12-5-6-12/h1-4,12,21H,5-9H2,(H,17,19,22). The highest BCUT2D eigenvalue weighted by Gasteiger charge is 2.32. The number of nitrogens with zero attached hydrogens (tertiary/aromatic N) is 3. The fraction of sp³-hybridized carbons (Fsp3) is 0.400. The number of benzene rings is 1. The Morgan fingerprint density at radius 1 is 1.35 bits per heavy atom. The van der Waals surface area contributed by atoms with Crippen molar-refractivity contribution in [1.29, 1.82) is 0 Å². The van der Waals surface area contributed by atoms with Gasteiger partial charge in [0.05, 0.1) is 6.61 Å². The Labute approximate surface area is 137 Å². The van der Waals surface area contributed by atoms with E-state index in [9.17, 15) is 9.18 Å². The predicted molar refractivity (Wildman–Crippen MR) is 84.9 cm³/mol. The Balaban J connectivity index is 1.60. The van der Waals surface area contributed by atoms with Crippen molar-refractivity contribution >= 4 is 22.5 Å². The van der Waals surface area contributed by atoms with Crippen LogP contribution in [0.3, 0.4) is 0 Å². The van der Waals surface area contributed by atoms with Crippen LogP contribution in [0, 0.1) is 5.82 Å². The van der Waals surface area contributed by atoms with Gasteiger partial charge in [-0.2, -0.15) is 0 Å². The summed E-state index contributed by atoms with van der Waals surface area (Å²) >= 11 is 1.29. The summed E-state index contributed by atoms with van der Waals surface area (Å²) in [6.45, 7) is 0.258. The van der Waals surface area contributed by atoms with E-state index in [1.807, 2.05) is 0 Å². The van der Waals surface area contributed by atoms with Gasteiger partial charge in [-0.3, -0.25) is 5.32 Å². The van der Waals surface area contributed by atoms with Gasteiger partial charge < -0.3 is 10.0 Å². The van der Waals surface area contributed by atoms with E-state index < -0.39 is 0 Å². The van der Waals surface area contributed by atoms with E-state index in [2.05, 4.69) is 15.5 Å².